The van der Waals surface area contributed by atoms with Gasteiger partial charge in [0.2, 0.25) is 0 Å². The summed E-state index contributed by atoms with van der Waals surface area (Å²) in [6, 6.07) is 7.57. The lowest BCUT2D eigenvalue weighted by molar-refractivity contribution is 0.327. The van der Waals surface area contributed by atoms with Gasteiger partial charge in [-0.3, -0.25) is 0 Å². The van der Waals surface area contributed by atoms with Crippen LogP contribution in [0.5, 0.6) is 0 Å². The number of nitriles is 1. The molecule has 0 aliphatic carbocycles. The first kappa shape index (κ1) is 12.8. The quantitative estimate of drug-likeness (QED) is 0.861. The minimum atomic E-state index is 0.471. The minimum Gasteiger partial charge on any atom is -0.370 e. The van der Waals surface area contributed by atoms with Gasteiger partial charge in [-0.15, -0.1) is 0 Å². The second-order valence-corrected chi connectivity index (χ2v) is 4.86. The van der Waals surface area contributed by atoms with Crippen LogP contribution in [0.4, 0.5) is 5.82 Å². The molecule has 0 amide bonds. The lowest BCUT2D eigenvalue weighted by Crippen LogP contribution is -2.23. The maximum Gasteiger partial charge on any atom is 0.142 e. The maximum absolute atomic E-state index is 8.79. The van der Waals surface area contributed by atoms with E-state index in [1.165, 1.54) is 32.5 Å². The van der Waals surface area contributed by atoms with Crippen LogP contribution in [0, 0.1) is 17.2 Å². The van der Waals surface area contributed by atoms with Gasteiger partial charge in [0.25, 0.3) is 0 Å². The molecule has 1 fully saturated rings. The zero-order valence-corrected chi connectivity index (χ0v) is 10.9. The van der Waals surface area contributed by atoms with Gasteiger partial charge in [0.1, 0.15) is 17.6 Å². The van der Waals surface area contributed by atoms with E-state index >= 15 is 0 Å². The molecule has 0 spiro atoms. The maximum atomic E-state index is 8.79. The number of likely N-dealkylation sites (tertiary alicyclic amines) is 1. The Morgan fingerprint density at radius 3 is 3.22 bits per heavy atom. The summed E-state index contributed by atoms with van der Waals surface area (Å²) in [6.07, 6.45) is 2.48. The van der Waals surface area contributed by atoms with Crippen LogP contribution in [0.15, 0.2) is 18.2 Å². The number of nitrogens with one attached hydrogen (secondary N) is 1. The molecule has 18 heavy (non-hydrogen) atoms. The highest BCUT2D eigenvalue weighted by molar-refractivity contribution is 5.38. The fourth-order valence-corrected chi connectivity index (χ4v) is 2.44. The minimum absolute atomic E-state index is 0.471. The van der Waals surface area contributed by atoms with Crippen LogP contribution in [-0.2, 0) is 0 Å². The van der Waals surface area contributed by atoms with E-state index in [0.29, 0.717) is 11.6 Å². The third-order valence-electron chi connectivity index (χ3n) is 3.35. The number of anilines is 1. The molecule has 2 rings (SSSR count). The Kier molecular flexibility index (Phi) is 4.54. The van der Waals surface area contributed by atoms with Crippen molar-refractivity contribution in [3.05, 3.63) is 23.9 Å². The summed E-state index contributed by atoms with van der Waals surface area (Å²) in [5.74, 6) is 1.51. The van der Waals surface area contributed by atoms with Gasteiger partial charge in [0, 0.05) is 13.1 Å². The number of hydrogen-bond donors (Lipinski definition) is 1. The molecule has 1 N–H and O–H groups in total. The van der Waals surface area contributed by atoms with Crippen LogP contribution < -0.4 is 5.32 Å². The lowest BCUT2D eigenvalue weighted by Gasteiger charge is -2.15. The summed E-state index contributed by atoms with van der Waals surface area (Å²) in [7, 11) is 0. The highest BCUT2D eigenvalue weighted by Gasteiger charge is 2.21. The van der Waals surface area contributed by atoms with Crippen LogP contribution in [-0.4, -0.2) is 36.1 Å². The highest BCUT2D eigenvalue weighted by atomic mass is 15.1. The van der Waals surface area contributed by atoms with Crippen molar-refractivity contribution >= 4 is 5.82 Å². The first-order valence-electron chi connectivity index (χ1n) is 6.65. The Labute approximate surface area is 109 Å². The van der Waals surface area contributed by atoms with Gasteiger partial charge < -0.3 is 10.2 Å². The molecule has 0 saturated carbocycles. The molecule has 1 aromatic heterocycles. The first-order valence-corrected chi connectivity index (χ1v) is 6.65. The van der Waals surface area contributed by atoms with E-state index in [4.69, 9.17) is 5.26 Å². The van der Waals surface area contributed by atoms with Crippen LogP contribution in [0.25, 0.3) is 0 Å². The molecular weight excluding hydrogens is 224 g/mol. The van der Waals surface area contributed by atoms with Crippen LogP contribution in [0.2, 0.25) is 0 Å². The fourth-order valence-electron chi connectivity index (χ4n) is 2.44. The molecule has 0 aromatic carbocycles. The Balaban J connectivity index is 1.80. The summed E-state index contributed by atoms with van der Waals surface area (Å²) < 4.78 is 0. The van der Waals surface area contributed by atoms with Gasteiger partial charge in [-0.25, -0.2) is 4.98 Å². The van der Waals surface area contributed by atoms with Gasteiger partial charge in [0.15, 0.2) is 0 Å². The van der Waals surface area contributed by atoms with Gasteiger partial charge >= 0.3 is 0 Å². The van der Waals surface area contributed by atoms with E-state index < -0.39 is 0 Å². The largest absolute Gasteiger partial charge is 0.370 e. The first-order chi connectivity index (χ1) is 8.81. The molecule has 1 aromatic rings. The average molecular weight is 244 g/mol. The Hall–Kier alpha value is -1.60. The molecule has 1 atom stereocenters. The zero-order valence-electron chi connectivity index (χ0n) is 10.9. The summed E-state index contributed by atoms with van der Waals surface area (Å²) in [5, 5.41) is 12.1. The van der Waals surface area contributed by atoms with E-state index in [0.717, 1.165) is 12.4 Å². The molecule has 0 radical (unpaired) electrons. The summed E-state index contributed by atoms with van der Waals surface area (Å²) in [5.41, 5.74) is 0.471. The van der Waals surface area contributed by atoms with E-state index in [1.807, 2.05) is 12.1 Å². The fraction of sp³-hybridized carbons (Fsp3) is 0.571. The summed E-state index contributed by atoms with van der Waals surface area (Å²) in [6.45, 7) is 6.77. The van der Waals surface area contributed by atoms with Crippen molar-refractivity contribution in [2.75, 3.05) is 31.5 Å². The predicted octanol–water partition coefficient (Wildman–Crippen LogP) is 2.10. The Morgan fingerprint density at radius 2 is 2.44 bits per heavy atom. The van der Waals surface area contributed by atoms with Crippen molar-refractivity contribution in [3.63, 3.8) is 0 Å². The molecule has 4 heteroatoms. The lowest BCUT2D eigenvalue weighted by atomic mass is 10.1. The molecular formula is C14H20N4. The molecule has 0 bridgehead atoms. The van der Waals surface area contributed by atoms with Crippen LogP contribution in [0.1, 0.15) is 25.5 Å². The van der Waals surface area contributed by atoms with Crippen molar-refractivity contribution < 1.29 is 0 Å². The molecule has 1 unspecified atom stereocenters. The average Bonchev–Trinajstić information content (AvgIpc) is 2.85. The molecule has 96 valence electrons. The second kappa shape index (κ2) is 6.36. The van der Waals surface area contributed by atoms with E-state index in [2.05, 4.69) is 28.2 Å². The van der Waals surface area contributed by atoms with Gasteiger partial charge in [-0.05, 0) is 44.0 Å². The Morgan fingerprint density at radius 1 is 1.56 bits per heavy atom. The van der Waals surface area contributed by atoms with Crippen molar-refractivity contribution in [2.24, 2.45) is 5.92 Å². The molecule has 1 saturated heterocycles. The number of rotatable bonds is 5. The second-order valence-electron chi connectivity index (χ2n) is 4.86. The summed E-state index contributed by atoms with van der Waals surface area (Å²) in [4.78, 5) is 6.74. The van der Waals surface area contributed by atoms with Crippen LogP contribution in [0.3, 0.4) is 0 Å². The molecule has 1 aliphatic heterocycles. The summed E-state index contributed by atoms with van der Waals surface area (Å²) >= 11 is 0. The molecule has 2 heterocycles. The van der Waals surface area contributed by atoms with Gasteiger partial charge in [-0.1, -0.05) is 13.0 Å². The highest BCUT2D eigenvalue weighted by Crippen LogP contribution is 2.17. The monoisotopic (exact) mass is 244 g/mol. The smallest absolute Gasteiger partial charge is 0.142 e. The Bertz CT molecular complexity index is 424. The topological polar surface area (TPSA) is 52.0 Å². The normalized spacial score (nSPS) is 19.7. The standard InChI is InChI=1S/C14H20N4/c1-2-7-18-8-6-12(11-18)10-16-14-5-3-4-13(9-15)17-14/h3-5,12H,2,6-8,10-11H2,1H3,(H,16,17). The third-order valence-corrected chi connectivity index (χ3v) is 3.35. The number of nitrogens with zero attached hydrogens (tertiary/aromatic N) is 3. The van der Waals surface area contributed by atoms with E-state index in [9.17, 15) is 0 Å². The van der Waals surface area contributed by atoms with Gasteiger partial charge in [-0.2, -0.15) is 5.26 Å². The van der Waals surface area contributed by atoms with Crippen molar-refractivity contribution in [1.29, 1.82) is 5.26 Å². The van der Waals surface area contributed by atoms with E-state index in [1.54, 1.807) is 6.07 Å². The van der Waals surface area contributed by atoms with Crippen LogP contribution >= 0.6 is 0 Å². The third kappa shape index (κ3) is 3.44. The number of hydrogen-bond acceptors (Lipinski definition) is 4. The van der Waals surface area contributed by atoms with Crippen molar-refractivity contribution in [2.45, 2.75) is 19.8 Å². The predicted molar refractivity (Wildman–Crippen MR) is 72.3 cm³/mol. The van der Waals surface area contributed by atoms with Gasteiger partial charge in [0.05, 0.1) is 0 Å². The number of aromatic nitrogens is 1. The SMILES string of the molecule is CCCN1CCC(CNc2cccc(C#N)n2)C1. The molecule has 1 aliphatic rings. The van der Waals surface area contributed by atoms with E-state index in [-0.39, 0.29) is 0 Å². The van der Waals surface area contributed by atoms with Crippen molar-refractivity contribution in [1.82, 2.24) is 9.88 Å². The zero-order chi connectivity index (χ0) is 12.8. The van der Waals surface area contributed by atoms with Crippen molar-refractivity contribution in [3.8, 4) is 6.07 Å². The molecule has 4 nitrogen and oxygen atoms in total. The number of pyridine rings is 1.